The summed E-state index contributed by atoms with van der Waals surface area (Å²) in [7, 11) is 1.61. The van der Waals surface area contributed by atoms with E-state index in [9.17, 15) is 4.39 Å². The topological polar surface area (TPSA) is 83.6 Å². The number of nitrogens with one attached hydrogen (secondary N) is 3. The average molecular weight is 489 g/mol. The second-order valence-corrected chi connectivity index (χ2v) is 8.45. The van der Waals surface area contributed by atoms with E-state index in [2.05, 4.69) is 30.8 Å². The highest BCUT2D eigenvalue weighted by atomic mass is 35.5. The second-order valence-electron chi connectivity index (χ2n) is 8.04. The van der Waals surface area contributed by atoms with Crippen LogP contribution in [0.3, 0.4) is 0 Å². The van der Waals surface area contributed by atoms with E-state index in [1.54, 1.807) is 13.2 Å². The van der Waals surface area contributed by atoms with Crippen molar-refractivity contribution < 1.29 is 13.9 Å². The summed E-state index contributed by atoms with van der Waals surface area (Å²) in [5.41, 5.74) is 1.32. The molecular weight excluding hydrogens is 459 g/mol. The lowest BCUT2D eigenvalue weighted by Gasteiger charge is -2.21. The standard InChI is InChI=1S/C24H30ClFN6O2/c1-33-22-15-21-18(24(30-16-29-21)31-17-3-4-20(26)19(25)13-17)14-23(22)34-12-2-9-32-10-7-27-5-6-28-8-11-32/h3-4,13-16,27-28H,2,5-12H2,1H3,(H,29,30,31). The zero-order valence-electron chi connectivity index (χ0n) is 19.2. The van der Waals surface area contributed by atoms with Crippen LogP contribution in [-0.2, 0) is 0 Å². The molecule has 0 aliphatic carbocycles. The van der Waals surface area contributed by atoms with Gasteiger partial charge in [-0.1, -0.05) is 11.6 Å². The lowest BCUT2D eigenvalue weighted by molar-refractivity contribution is 0.233. The molecule has 0 bridgehead atoms. The minimum absolute atomic E-state index is 0.0382. The molecule has 1 saturated heterocycles. The molecule has 0 radical (unpaired) electrons. The fourth-order valence-electron chi connectivity index (χ4n) is 3.85. The molecule has 10 heteroatoms. The Kier molecular flexibility index (Phi) is 8.70. The zero-order chi connectivity index (χ0) is 23.8. The van der Waals surface area contributed by atoms with Crippen molar-refractivity contribution >= 4 is 34.0 Å². The fraction of sp³-hybridized carbons (Fsp3) is 0.417. The summed E-state index contributed by atoms with van der Waals surface area (Å²) in [6.07, 6.45) is 2.36. The van der Waals surface area contributed by atoms with Crippen molar-refractivity contribution in [2.75, 3.05) is 64.8 Å². The van der Waals surface area contributed by atoms with E-state index in [0.717, 1.165) is 57.6 Å². The molecule has 4 rings (SSSR count). The number of hydrogen-bond donors (Lipinski definition) is 3. The third-order valence-corrected chi connectivity index (χ3v) is 5.96. The van der Waals surface area contributed by atoms with Crippen LogP contribution in [0.25, 0.3) is 10.9 Å². The molecule has 1 aliphatic rings. The third-order valence-electron chi connectivity index (χ3n) is 5.67. The Labute approximate surface area is 203 Å². The summed E-state index contributed by atoms with van der Waals surface area (Å²) >= 11 is 5.92. The molecule has 34 heavy (non-hydrogen) atoms. The number of aromatic nitrogens is 2. The van der Waals surface area contributed by atoms with Gasteiger partial charge < -0.3 is 30.3 Å². The Hall–Kier alpha value is -2.72. The third kappa shape index (κ3) is 6.44. The average Bonchev–Trinajstić information content (AvgIpc) is 2.98. The highest BCUT2D eigenvalue weighted by molar-refractivity contribution is 6.31. The highest BCUT2D eigenvalue weighted by Gasteiger charge is 2.13. The van der Waals surface area contributed by atoms with Crippen molar-refractivity contribution in [1.29, 1.82) is 0 Å². The molecule has 0 saturated carbocycles. The molecule has 0 amide bonds. The zero-order valence-corrected chi connectivity index (χ0v) is 20.0. The van der Waals surface area contributed by atoms with Gasteiger partial charge in [0.2, 0.25) is 0 Å². The van der Waals surface area contributed by atoms with Crippen molar-refractivity contribution in [2.24, 2.45) is 0 Å². The largest absolute Gasteiger partial charge is 0.493 e. The summed E-state index contributed by atoms with van der Waals surface area (Å²) < 4.78 is 25.2. The predicted molar refractivity (Wildman–Crippen MR) is 133 cm³/mol. The summed E-state index contributed by atoms with van der Waals surface area (Å²) in [5.74, 6) is 1.33. The van der Waals surface area contributed by atoms with Gasteiger partial charge in [-0.2, -0.15) is 0 Å². The Morgan fingerprint density at radius 3 is 2.59 bits per heavy atom. The molecule has 8 nitrogen and oxygen atoms in total. The number of benzene rings is 2. The highest BCUT2D eigenvalue weighted by Crippen LogP contribution is 2.35. The van der Waals surface area contributed by atoms with E-state index < -0.39 is 5.82 Å². The summed E-state index contributed by atoms with van der Waals surface area (Å²) in [4.78, 5) is 11.2. The first-order valence-corrected chi connectivity index (χ1v) is 11.8. The van der Waals surface area contributed by atoms with Crippen LogP contribution in [0.4, 0.5) is 15.9 Å². The van der Waals surface area contributed by atoms with Crippen LogP contribution < -0.4 is 25.4 Å². The van der Waals surface area contributed by atoms with Gasteiger partial charge >= 0.3 is 0 Å². The molecule has 3 aromatic rings. The number of rotatable bonds is 8. The van der Waals surface area contributed by atoms with Crippen LogP contribution in [-0.4, -0.2) is 74.4 Å². The minimum Gasteiger partial charge on any atom is -0.493 e. The van der Waals surface area contributed by atoms with Gasteiger partial charge in [-0.15, -0.1) is 0 Å². The molecule has 0 spiro atoms. The summed E-state index contributed by atoms with van der Waals surface area (Å²) in [6.45, 7) is 7.58. The number of halogens is 2. The van der Waals surface area contributed by atoms with Gasteiger partial charge in [0.15, 0.2) is 11.5 Å². The Morgan fingerprint density at radius 1 is 1.06 bits per heavy atom. The molecule has 0 unspecified atom stereocenters. The van der Waals surface area contributed by atoms with Crippen LogP contribution in [0.15, 0.2) is 36.7 Å². The molecule has 1 fully saturated rings. The van der Waals surface area contributed by atoms with E-state index in [-0.39, 0.29) is 5.02 Å². The molecule has 2 aromatic carbocycles. The van der Waals surface area contributed by atoms with Gasteiger partial charge in [-0.25, -0.2) is 14.4 Å². The van der Waals surface area contributed by atoms with Gasteiger partial charge in [0.25, 0.3) is 0 Å². The maximum atomic E-state index is 13.5. The van der Waals surface area contributed by atoms with Gasteiger partial charge in [-0.05, 0) is 30.7 Å². The van der Waals surface area contributed by atoms with Crippen molar-refractivity contribution in [3.05, 3.63) is 47.5 Å². The Morgan fingerprint density at radius 2 is 1.85 bits per heavy atom. The van der Waals surface area contributed by atoms with Crippen LogP contribution in [0.1, 0.15) is 6.42 Å². The van der Waals surface area contributed by atoms with Crippen molar-refractivity contribution in [1.82, 2.24) is 25.5 Å². The number of nitrogens with zero attached hydrogens (tertiary/aromatic N) is 3. The maximum absolute atomic E-state index is 13.5. The predicted octanol–water partition coefficient (Wildman–Crippen LogP) is 3.44. The van der Waals surface area contributed by atoms with Crippen LogP contribution in [0, 0.1) is 5.82 Å². The maximum Gasteiger partial charge on any atom is 0.162 e. The Balaban J connectivity index is 1.45. The number of hydrogen-bond acceptors (Lipinski definition) is 8. The quantitative estimate of drug-likeness (QED) is 0.416. The van der Waals surface area contributed by atoms with E-state index in [0.29, 0.717) is 35.1 Å². The Bertz CT molecular complexity index is 1090. The molecule has 0 atom stereocenters. The molecule has 1 aliphatic heterocycles. The van der Waals surface area contributed by atoms with E-state index in [4.69, 9.17) is 21.1 Å². The van der Waals surface area contributed by atoms with E-state index in [1.807, 2.05) is 12.1 Å². The van der Waals surface area contributed by atoms with Gasteiger partial charge in [-0.3, -0.25) is 0 Å². The number of ether oxygens (including phenoxy) is 2. The number of fused-ring (bicyclic) bond motifs is 1. The lowest BCUT2D eigenvalue weighted by Crippen LogP contribution is -2.35. The first-order valence-electron chi connectivity index (χ1n) is 11.5. The van der Waals surface area contributed by atoms with Gasteiger partial charge in [0, 0.05) is 63.0 Å². The molecule has 3 N–H and O–H groups in total. The van der Waals surface area contributed by atoms with Crippen LogP contribution >= 0.6 is 11.6 Å². The van der Waals surface area contributed by atoms with Crippen molar-refractivity contribution in [2.45, 2.75) is 6.42 Å². The van der Waals surface area contributed by atoms with Crippen molar-refractivity contribution in [3.63, 3.8) is 0 Å². The second kappa shape index (κ2) is 12.1. The SMILES string of the molecule is COc1cc2ncnc(Nc3ccc(F)c(Cl)c3)c2cc1OCCCN1CCNCCNCC1. The smallest absolute Gasteiger partial charge is 0.162 e. The number of methoxy groups -OCH3 is 1. The van der Waals surface area contributed by atoms with E-state index >= 15 is 0 Å². The first-order chi connectivity index (χ1) is 16.6. The van der Waals surface area contributed by atoms with E-state index in [1.165, 1.54) is 18.5 Å². The molecule has 2 heterocycles. The summed E-state index contributed by atoms with van der Waals surface area (Å²) in [5, 5.41) is 10.9. The monoisotopic (exact) mass is 488 g/mol. The fourth-order valence-corrected chi connectivity index (χ4v) is 4.03. The van der Waals surface area contributed by atoms with Crippen LogP contribution in [0.2, 0.25) is 5.02 Å². The summed E-state index contributed by atoms with van der Waals surface area (Å²) in [6, 6.07) is 8.13. The number of anilines is 2. The first kappa shape index (κ1) is 24.4. The molecule has 182 valence electrons. The van der Waals surface area contributed by atoms with Gasteiger partial charge in [0.1, 0.15) is 18.0 Å². The van der Waals surface area contributed by atoms with Gasteiger partial charge in [0.05, 0.1) is 24.3 Å². The lowest BCUT2D eigenvalue weighted by atomic mass is 10.2. The van der Waals surface area contributed by atoms with Crippen LogP contribution in [0.5, 0.6) is 11.5 Å². The van der Waals surface area contributed by atoms with Crippen molar-refractivity contribution in [3.8, 4) is 11.5 Å². The minimum atomic E-state index is -0.473. The molecular formula is C24H30ClFN6O2. The molecule has 1 aromatic heterocycles. The normalized spacial score (nSPS) is 15.4.